The van der Waals surface area contributed by atoms with Crippen molar-refractivity contribution in [3.05, 3.63) is 23.5 Å². The maximum atomic E-state index is 11.1. The number of hydrogen-bond acceptors (Lipinski definition) is 4. The minimum Gasteiger partial charge on any atom is -0.491 e. The highest BCUT2D eigenvalue weighted by Crippen LogP contribution is 2.17. The molecule has 1 aromatic rings. The third kappa shape index (κ3) is 5.70. The largest absolute Gasteiger partial charge is 0.491 e. The molecule has 0 aliphatic heterocycles. The van der Waals surface area contributed by atoms with Crippen molar-refractivity contribution in [3.63, 3.8) is 0 Å². The lowest BCUT2D eigenvalue weighted by molar-refractivity contribution is -0.121. The number of carbonyl (C=O) groups excluding carboxylic acids is 1. The van der Waals surface area contributed by atoms with Gasteiger partial charge in [0.15, 0.2) is 0 Å². The number of amides is 1. The van der Waals surface area contributed by atoms with Crippen LogP contribution in [0.3, 0.4) is 0 Å². The molecule has 1 rings (SSSR count). The molecule has 106 valence electrons. The summed E-state index contributed by atoms with van der Waals surface area (Å²) in [7, 11) is 1.62. The molecule has 0 aliphatic rings. The summed E-state index contributed by atoms with van der Waals surface area (Å²) in [6.07, 6.45) is 1.44. The van der Waals surface area contributed by atoms with E-state index in [-0.39, 0.29) is 5.91 Å². The molecule has 0 fully saturated rings. The number of aromatic nitrogens is 1. The van der Waals surface area contributed by atoms with Gasteiger partial charge in [0, 0.05) is 19.3 Å². The molecule has 19 heavy (non-hydrogen) atoms. The third-order valence-electron chi connectivity index (χ3n) is 2.66. The van der Waals surface area contributed by atoms with Gasteiger partial charge in [0.05, 0.1) is 18.7 Å². The van der Waals surface area contributed by atoms with Crippen molar-refractivity contribution in [1.29, 1.82) is 0 Å². The molecule has 0 atom stereocenters. The van der Waals surface area contributed by atoms with Gasteiger partial charge in [-0.3, -0.25) is 9.78 Å². The number of hydrogen-bond donors (Lipinski definition) is 2. The summed E-state index contributed by atoms with van der Waals surface area (Å²) in [5.74, 6) is 0.726. The van der Waals surface area contributed by atoms with E-state index in [0.29, 0.717) is 19.6 Å². The molecule has 0 radical (unpaired) electrons. The number of pyridine rings is 1. The molecule has 0 saturated carbocycles. The highest BCUT2D eigenvalue weighted by molar-refractivity contribution is 5.75. The van der Waals surface area contributed by atoms with E-state index in [2.05, 4.69) is 22.5 Å². The first kappa shape index (κ1) is 15.4. The monoisotopic (exact) mass is 265 g/mol. The molecule has 0 aromatic carbocycles. The quantitative estimate of drug-likeness (QED) is 0.698. The second-order valence-electron chi connectivity index (χ2n) is 4.35. The minimum absolute atomic E-state index is 0.0225. The highest BCUT2D eigenvalue weighted by atomic mass is 16.5. The van der Waals surface area contributed by atoms with Gasteiger partial charge in [-0.05, 0) is 32.0 Å². The van der Waals surface area contributed by atoms with Crippen LogP contribution in [0.2, 0.25) is 0 Å². The summed E-state index contributed by atoms with van der Waals surface area (Å²) in [5, 5.41) is 5.88. The number of nitrogens with zero attached hydrogens (tertiary/aromatic N) is 1. The molecular weight excluding hydrogens is 242 g/mol. The summed E-state index contributed by atoms with van der Waals surface area (Å²) in [4.78, 5) is 15.6. The van der Waals surface area contributed by atoms with Crippen LogP contribution in [0.15, 0.2) is 12.1 Å². The van der Waals surface area contributed by atoms with Crippen molar-refractivity contribution in [3.8, 4) is 5.75 Å². The van der Waals surface area contributed by atoms with E-state index in [1.54, 1.807) is 7.05 Å². The van der Waals surface area contributed by atoms with E-state index < -0.39 is 0 Å². The van der Waals surface area contributed by atoms with Crippen LogP contribution in [-0.2, 0) is 11.3 Å². The van der Waals surface area contributed by atoms with Crippen molar-refractivity contribution in [2.24, 2.45) is 0 Å². The van der Waals surface area contributed by atoms with Gasteiger partial charge in [0.1, 0.15) is 5.75 Å². The molecule has 5 nitrogen and oxygen atoms in total. The van der Waals surface area contributed by atoms with Gasteiger partial charge in [-0.25, -0.2) is 0 Å². The maximum absolute atomic E-state index is 11.1. The molecule has 0 spiro atoms. The number of aryl methyl sites for hydroxylation is 1. The number of nitrogens with one attached hydrogen (secondary N) is 2. The van der Waals surface area contributed by atoms with Gasteiger partial charge >= 0.3 is 0 Å². The first-order valence-electron chi connectivity index (χ1n) is 6.68. The Kier molecular flexibility index (Phi) is 6.89. The van der Waals surface area contributed by atoms with Crippen molar-refractivity contribution >= 4 is 5.91 Å². The van der Waals surface area contributed by atoms with Crippen LogP contribution >= 0.6 is 0 Å². The van der Waals surface area contributed by atoms with Gasteiger partial charge in [0.2, 0.25) is 5.91 Å². The molecule has 1 amide bonds. The molecule has 2 N–H and O–H groups in total. The summed E-state index contributed by atoms with van der Waals surface area (Å²) in [5.41, 5.74) is 1.86. The lowest BCUT2D eigenvalue weighted by Crippen LogP contribution is -2.21. The van der Waals surface area contributed by atoms with Crippen LogP contribution in [-0.4, -0.2) is 31.1 Å². The zero-order valence-corrected chi connectivity index (χ0v) is 12.0. The topological polar surface area (TPSA) is 63.3 Å². The van der Waals surface area contributed by atoms with E-state index in [1.165, 1.54) is 0 Å². The molecule has 0 saturated heterocycles. The van der Waals surface area contributed by atoms with E-state index in [1.807, 2.05) is 19.1 Å². The van der Waals surface area contributed by atoms with Gasteiger partial charge in [-0.1, -0.05) is 6.92 Å². The lowest BCUT2D eigenvalue weighted by Gasteiger charge is -2.11. The lowest BCUT2D eigenvalue weighted by atomic mass is 10.2. The van der Waals surface area contributed by atoms with E-state index >= 15 is 0 Å². The number of ether oxygens (including phenoxy) is 1. The number of rotatable bonds is 8. The van der Waals surface area contributed by atoms with Crippen molar-refractivity contribution in [2.75, 3.05) is 20.2 Å². The Morgan fingerprint density at radius 1 is 1.42 bits per heavy atom. The summed E-state index contributed by atoms with van der Waals surface area (Å²) < 4.78 is 5.63. The normalized spacial score (nSPS) is 10.3. The Morgan fingerprint density at radius 3 is 2.89 bits per heavy atom. The first-order chi connectivity index (χ1) is 9.17. The van der Waals surface area contributed by atoms with E-state index in [4.69, 9.17) is 4.74 Å². The standard InChI is InChI=1S/C14H23N3O2/c1-4-8-16-10-12-13(6-5-11(2)17-12)19-9-7-14(18)15-3/h5-6,16H,4,7-10H2,1-3H3,(H,15,18). The van der Waals surface area contributed by atoms with Crippen LogP contribution in [0.25, 0.3) is 0 Å². The van der Waals surface area contributed by atoms with Crippen molar-refractivity contribution < 1.29 is 9.53 Å². The average molecular weight is 265 g/mol. The predicted octanol–water partition coefficient (Wildman–Crippen LogP) is 1.40. The Labute approximate surface area is 114 Å². The summed E-state index contributed by atoms with van der Waals surface area (Å²) >= 11 is 0. The third-order valence-corrected chi connectivity index (χ3v) is 2.66. The van der Waals surface area contributed by atoms with Crippen molar-refractivity contribution in [2.45, 2.75) is 33.2 Å². The van der Waals surface area contributed by atoms with Crippen molar-refractivity contribution in [1.82, 2.24) is 15.6 Å². The molecule has 5 heteroatoms. The first-order valence-corrected chi connectivity index (χ1v) is 6.68. The highest BCUT2D eigenvalue weighted by Gasteiger charge is 2.06. The van der Waals surface area contributed by atoms with Gasteiger partial charge < -0.3 is 15.4 Å². The molecule has 0 aliphatic carbocycles. The second-order valence-corrected chi connectivity index (χ2v) is 4.35. The van der Waals surface area contributed by atoms with E-state index in [9.17, 15) is 4.79 Å². The van der Waals surface area contributed by atoms with Crippen LogP contribution in [0.1, 0.15) is 31.2 Å². The van der Waals surface area contributed by atoms with Gasteiger partial charge in [-0.2, -0.15) is 0 Å². The Hall–Kier alpha value is -1.62. The van der Waals surface area contributed by atoms with E-state index in [0.717, 1.165) is 30.1 Å². The fourth-order valence-corrected chi connectivity index (χ4v) is 1.62. The van der Waals surface area contributed by atoms with Crippen LogP contribution in [0, 0.1) is 6.92 Å². The second kappa shape index (κ2) is 8.48. The summed E-state index contributed by atoms with van der Waals surface area (Å²) in [6, 6.07) is 3.83. The van der Waals surface area contributed by atoms with Crippen LogP contribution in [0.5, 0.6) is 5.75 Å². The van der Waals surface area contributed by atoms with Gasteiger partial charge in [-0.15, -0.1) is 0 Å². The Morgan fingerprint density at radius 2 is 2.21 bits per heavy atom. The zero-order valence-electron chi connectivity index (χ0n) is 12.0. The van der Waals surface area contributed by atoms with Gasteiger partial charge in [0.25, 0.3) is 0 Å². The number of carbonyl (C=O) groups is 1. The fourth-order valence-electron chi connectivity index (χ4n) is 1.62. The molecule has 0 bridgehead atoms. The molecular formula is C14H23N3O2. The molecule has 0 unspecified atom stereocenters. The maximum Gasteiger partial charge on any atom is 0.223 e. The van der Waals surface area contributed by atoms with Crippen LogP contribution in [0.4, 0.5) is 0 Å². The fraction of sp³-hybridized carbons (Fsp3) is 0.571. The summed E-state index contributed by atoms with van der Waals surface area (Å²) in [6.45, 7) is 6.08. The smallest absolute Gasteiger partial charge is 0.223 e. The Bertz CT molecular complexity index is 408. The zero-order chi connectivity index (χ0) is 14.1. The average Bonchev–Trinajstić information content (AvgIpc) is 2.41. The Balaban J connectivity index is 2.57. The molecule has 1 aromatic heterocycles. The minimum atomic E-state index is -0.0225. The molecule has 1 heterocycles. The van der Waals surface area contributed by atoms with Crippen LogP contribution < -0.4 is 15.4 Å². The predicted molar refractivity (Wildman–Crippen MR) is 75.2 cm³/mol. The SMILES string of the molecule is CCCNCc1nc(C)ccc1OCCC(=O)NC.